The lowest BCUT2D eigenvalue weighted by molar-refractivity contribution is -0.123. The summed E-state index contributed by atoms with van der Waals surface area (Å²) < 4.78 is 36.7. The molecule has 0 radical (unpaired) electrons. The van der Waals surface area contributed by atoms with Crippen LogP contribution in [0.2, 0.25) is 5.02 Å². The number of benzene rings is 2. The molecule has 2 aromatic carbocycles. The summed E-state index contributed by atoms with van der Waals surface area (Å²) in [4.78, 5) is 11.9. The first-order valence-corrected chi connectivity index (χ1v) is 7.49. The number of hydrogen-bond donors (Lipinski definition) is 1. The molecule has 1 atom stereocenters. The number of nitrogens with one attached hydrogen (secondary N) is 1. The van der Waals surface area contributed by atoms with E-state index in [9.17, 15) is 13.6 Å². The smallest absolute Gasteiger partial charge is 0.258 e. The highest BCUT2D eigenvalue weighted by atomic mass is 35.5. The Bertz CT molecular complexity index is 740. The molecule has 1 amide bonds. The van der Waals surface area contributed by atoms with E-state index in [2.05, 4.69) is 5.32 Å². The Kier molecular flexibility index (Phi) is 5.98. The topological polar surface area (TPSA) is 47.6 Å². The highest BCUT2D eigenvalue weighted by Gasteiger charge is 2.13. The van der Waals surface area contributed by atoms with E-state index in [4.69, 9.17) is 21.1 Å². The molecule has 0 aliphatic carbocycles. The predicted octanol–water partition coefficient (Wildman–Crippen LogP) is 3.88. The summed E-state index contributed by atoms with van der Waals surface area (Å²) in [7, 11) is 1.38. The van der Waals surface area contributed by atoms with Gasteiger partial charge >= 0.3 is 0 Å². The van der Waals surface area contributed by atoms with Gasteiger partial charge in [-0.25, -0.2) is 8.78 Å². The van der Waals surface area contributed by atoms with Crippen molar-refractivity contribution in [3.05, 3.63) is 58.6 Å². The van der Waals surface area contributed by atoms with Gasteiger partial charge in [0.15, 0.2) is 18.2 Å². The Morgan fingerprint density at radius 2 is 1.92 bits per heavy atom. The first kappa shape index (κ1) is 18.0. The maximum absolute atomic E-state index is 13.7. The molecule has 0 heterocycles. The number of halogens is 3. The molecule has 1 N–H and O–H groups in total. The zero-order chi connectivity index (χ0) is 17.7. The molecule has 0 bridgehead atoms. The van der Waals surface area contributed by atoms with E-state index in [1.807, 2.05) is 0 Å². The fourth-order valence-electron chi connectivity index (χ4n) is 2.05. The highest BCUT2D eigenvalue weighted by Crippen LogP contribution is 2.25. The lowest BCUT2D eigenvalue weighted by Crippen LogP contribution is -2.31. The quantitative estimate of drug-likeness (QED) is 0.855. The van der Waals surface area contributed by atoms with Gasteiger partial charge in [-0.05, 0) is 42.8 Å². The van der Waals surface area contributed by atoms with Crippen molar-refractivity contribution in [3.63, 3.8) is 0 Å². The first-order valence-electron chi connectivity index (χ1n) is 7.11. The van der Waals surface area contributed by atoms with Gasteiger partial charge in [0.2, 0.25) is 0 Å². The fraction of sp³-hybridized carbons (Fsp3) is 0.235. The van der Waals surface area contributed by atoms with Crippen LogP contribution >= 0.6 is 11.6 Å². The minimum absolute atomic E-state index is 0.0769. The summed E-state index contributed by atoms with van der Waals surface area (Å²) >= 11 is 5.81. The SMILES string of the molecule is COc1ccc(C(C)NC(=O)COc2ccc(F)cc2Cl)cc1F. The number of amides is 1. The van der Waals surface area contributed by atoms with Crippen molar-refractivity contribution in [1.82, 2.24) is 5.32 Å². The van der Waals surface area contributed by atoms with Crippen LogP contribution in [-0.4, -0.2) is 19.6 Å². The molecule has 2 aromatic rings. The highest BCUT2D eigenvalue weighted by molar-refractivity contribution is 6.32. The van der Waals surface area contributed by atoms with Gasteiger partial charge in [-0.3, -0.25) is 4.79 Å². The average molecular weight is 356 g/mol. The molecule has 7 heteroatoms. The van der Waals surface area contributed by atoms with E-state index in [0.29, 0.717) is 5.56 Å². The van der Waals surface area contributed by atoms with E-state index >= 15 is 0 Å². The standard InChI is InChI=1S/C17H16ClF2NO3/c1-10(11-3-5-16(23-2)14(20)7-11)21-17(22)9-24-15-6-4-12(19)8-13(15)18/h3-8,10H,9H2,1-2H3,(H,21,22). The number of rotatable bonds is 6. The second-order valence-corrected chi connectivity index (χ2v) is 5.45. The van der Waals surface area contributed by atoms with Crippen LogP contribution in [0.3, 0.4) is 0 Å². The normalized spacial score (nSPS) is 11.7. The number of hydrogen-bond acceptors (Lipinski definition) is 3. The average Bonchev–Trinajstić information content (AvgIpc) is 2.53. The molecule has 128 valence electrons. The van der Waals surface area contributed by atoms with Crippen LogP contribution in [0, 0.1) is 11.6 Å². The number of carbonyl (C=O) groups is 1. The summed E-state index contributed by atoms with van der Waals surface area (Å²) in [6, 6.07) is 7.63. The number of methoxy groups -OCH3 is 1. The van der Waals surface area contributed by atoms with Crippen molar-refractivity contribution in [1.29, 1.82) is 0 Å². The zero-order valence-corrected chi connectivity index (χ0v) is 13.9. The molecule has 0 spiro atoms. The van der Waals surface area contributed by atoms with Gasteiger partial charge in [0.05, 0.1) is 18.2 Å². The first-order chi connectivity index (χ1) is 11.4. The molecule has 0 aliphatic rings. The molecule has 0 saturated heterocycles. The Labute approximate surface area is 143 Å². The maximum atomic E-state index is 13.7. The van der Waals surface area contributed by atoms with Crippen LogP contribution in [0.4, 0.5) is 8.78 Å². The third-order valence-corrected chi connectivity index (χ3v) is 3.60. The number of ether oxygens (including phenoxy) is 2. The molecule has 24 heavy (non-hydrogen) atoms. The van der Waals surface area contributed by atoms with Crippen LogP contribution in [0.25, 0.3) is 0 Å². The van der Waals surface area contributed by atoms with Crippen LogP contribution in [0.5, 0.6) is 11.5 Å². The van der Waals surface area contributed by atoms with Gasteiger partial charge in [-0.1, -0.05) is 17.7 Å². The summed E-state index contributed by atoms with van der Waals surface area (Å²) in [5, 5.41) is 2.75. The van der Waals surface area contributed by atoms with Crippen molar-refractivity contribution in [2.45, 2.75) is 13.0 Å². The molecule has 2 rings (SSSR count). The second kappa shape index (κ2) is 7.97. The summed E-state index contributed by atoms with van der Waals surface area (Å²) in [5.41, 5.74) is 0.585. The van der Waals surface area contributed by atoms with Gasteiger partial charge in [-0.15, -0.1) is 0 Å². The lowest BCUT2D eigenvalue weighted by atomic mass is 10.1. The van der Waals surface area contributed by atoms with Gasteiger partial charge in [0, 0.05) is 0 Å². The number of carbonyl (C=O) groups excluding carboxylic acids is 1. The summed E-state index contributed by atoms with van der Waals surface area (Å²) in [6.07, 6.45) is 0. The van der Waals surface area contributed by atoms with E-state index in [0.717, 1.165) is 6.07 Å². The van der Waals surface area contributed by atoms with Crippen molar-refractivity contribution in [2.24, 2.45) is 0 Å². The van der Waals surface area contributed by atoms with Crippen LogP contribution < -0.4 is 14.8 Å². The molecule has 1 unspecified atom stereocenters. The van der Waals surface area contributed by atoms with E-state index in [1.54, 1.807) is 13.0 Å². The predicted molar refractivity (Wildman–Crippen MR) is 86.4 cm³/mol. The van der Waals surface area contributed by atoms with Crippen LogP contribution in [0.1, 0.15) is 18.5 Å². The molecule has 0 aliphatic heterocycles. The van der Waals surface area contributed by atoms with Crippen molar-refractivity contribution >= 4 is 17.5 Å². The largest absolute Gasteiger partial charge is 0.494 e. The molecular formula is C17H16ClF2NO3. The second-order valence-electron chi connectivity index (χ2n) is 5.05. The van der Waals surface area contributed by atoms with Gasteiger partial charge in [0.25, 0.3) is 5.91 Å². The molecule has 0 aromatic heterocycles. The molecule has 0 fully saturated rings. The van der Waals surface area contributed by atoms with Crippen LogP contribution in [-0.2, 0) is 4.79 Å². The molecule has 0 saturated carbocycles. The summed E-state index contributed by atoms with van der Waals surface area (Å²) in [5.74, 6) is -1.08. The van der Waals surface area contributed by atoms with E-state index in [1.165, 1.54) is 31.4 Å². The Morgan fingerprint density at radius 1 is 1.21 bits per heavy atom. The van der Waals surface area contributed by atoms with E-state index < -0.39 is 23.6 Å². The monoisotopic (exact) mass is 355 g/mol. The van der Waals surface area contributed by atoms with E-state index in [-0.39, 0.29) is 23.1 Å². The Hall–Kier alpha value is -2.34. The minimum atomic E-state index is -0.509. The molecular weight excluding hydrogens is 340 g/mol. The summed E-state index contributed by atoms with van der Waals surface area (Å²) in [6.45, 7) is 1.42. The molecule has 4 nitrogen and oxygen atoms in total. The van der Waals surface area contributed by atoms with Gasteiger partial charge in [0.1, 0.15) is 11.6 Å². The van der Waals surface area contributed by atoms with Gasteiger partial charge in [-0.2, -0.15) is 0 Å². The third-order valence-electron chi connectivity index (χ3n) is 3.31. The maximum Gasteiger partial charge on any atom is 0.258 e. The van der Waals surface area contributed by atoms with Crippen LogP contribution in [0.15, 0.2) is 36.4 Å². The van der Waals surface area contributed by atoms with Crippen molar-refractivity contribution < 1.29 is 23.0 Å². The van der Waals surface area contributed by atoms with Crippen molar-refractivity contribution in [3.8, 4) is 11.5 Å². The van der Waals surface area contributed by atoms with Crippen molar-refractivity contribution in [2.75, 3.05) is 13.7 Å². The fourth-order valence-corrected chi connectivity index (χ4v) is 2.28. The zero-order valence-electron chi connectivity index (χ0n) is 13.1. The lowest BCUT2D eigenvalue weighted by Gasteiger charge is -2.16. The Morgan fingerprint density at radius 3 is 2.54 bits per heavy atom. The third kappa shape index (κ3) is 4.58. The Balaban J connectivity index is 1.93. The minimum Gasteiger partial charge on any atom is -0.494 e. The van der Waals surface area contributed by atoms with Gasteiger partial charge < -0.3 is 14.8 Å².